The predicted octanol–water partition coefficient (Wildman–Crippen LogP) is 2.89. The molecule has 6 heteroatoms. The number of hydrogen-bond donors (Lipinski definition) is 2. The van der Waals surface area contributed by atoms with Gasteiger partial charge in [-0.1, -0.05) is 23.2 Å². The fraction of sp³-hybridized carbons (Fsp3) is 0.600. The molecule has 118 valence electrons. The van der Waals surface area contributed by atoms with Crippen LogP contribution in [0.2, 0.25) is 10.0 Å². The second kappa shape index (κ2) is 8.20. The average molecular weight is 334 g/mol. The topological polar surface area (TPSA) is 50.7 Å². The van der Waals surface area contributed by atoms with E-state index in [-0.39, 0.29) is 6.61 Å². The van der Waals surface area contributed by atoms with Crippen molar-refractivity contribution in [2.24, 2.45) is 0 Å². The van der Waals surface area contributed by atoms with Crippen LogP contribution in [0.3, 0.4) is 0 Å². The van der Waals surface area contributed by atoms with Gasteiger partial charge in [-0.2, -0.15) is 0 Å². The first-order valence-electron chi connectivity index (χ1n) is 7.19. The minimum atomic E-state index is -0.564. The molecule has 1 aromatic carbocycles. The highest BCUT2D eigenvalue weighted by Crippen LogP contribution is 2.26. The first-order chi connectivity index (χ1) is 10.1. The van der Waals surface area contributed by atoms with Gasteiger partial charge < -0.3 is 19.9 Å². The summed E-state index contributed by atoms with van der Waals surface area (Å²) >= 11 is 11.7. The summed E-state index contributed by atoms with van der Waals surface area (Å²) in [5.74, 6) is 0.600. The first-order valence-corrected chi connectivity index (χ1v) is 7.95. The van der Waals surface area contributed by atoms with Gasteiger partial charge in [0.1, 0.15) is 18.5 Å². The summed E-state index contributed by atoms with van der Waals surface area (Å²) in [5.41, 5.74) is 0. The van der Waals surface area contributed by atoms with Gasteiger partial charge in [-0.05, 0) is 31.9 Å². The molecule has 0 aliphatic heterocycles. The van der Waals surface area contributed by atoms with Gasteiger partial charge in [-0.25, -0.2) is 0 Å². The third-order valence-electron chi connectivity index (χ3n) is 3.47. The summed E-state index contributed by atoms with van der Waals surface area (Å²) in [5, 5.41) is 14.1. The van der Waals surface area contributed by atoms with Gasteiger partial charge in [-0.3, -0.25) is 0 Å². The molecule has 21 heavy (non-hydrogen) atoms. The summed E-state index contributed by atoms with van der Waals surface area (Å²) in [6.45, 7) is 3.49. The lowest BCUT2D eigenvalue weighted by atomic mass is 9.89. The summed E-state index contributed by atoms with van der Waals surface area (Å²) in [4.78, 5) is 0. The zero-order chi connectivity index (χ0) is 15.2. The molecule has 1 atom stereocenters. The molecule has 0 aromatic heterocycles. The zero-order valence-corrected chi connectivity index (χ0v) is 13.5. The van der Waals surface area contributed by atoms with Crippen LogP contribution in [-0.2, 0) is 4.74 Å². The Balaban J connectivity index is 1.61. The van der Waals surface area contributed by atoms with Gasteiger partial charge in [-0.15, -0.1) is 0 Å². The van der Waals surface area contributed by atoms with Crippen molar-refractivity contribution < 1.29 is 14.6 Å². The maximum Gasteiger partial charge on any atom is 0.121 e. The third kappa shape index (κ3) is 5.31. The van der Waals surface area contributed by atoms with Crippen LogP contribution in [-0.4, -0.2) is 43.1 Å². The van der Waals surface area contributed by atoms with Crippen LogP contribution in [0.15, 0.2) is 18.2 Å². The molecule has 0 saturated heterocycles. The number of hydrogen-bond acceptors (Lipinski definition) is 4. The standard InChI is InChI=1S/C15H21Cl2NO3/c1-2-20-13-5-10(6-13)18-8-11(19)9-21-12-3-4-14(16)15(17)7-12/h3-4,7,10-11,13,18-19H,2,5-6,8-9H2,1H3. The Morgan fingerprint density at radius 3 is 2.76 bits per heavy atom. The lowest BCUT2D eigenvalue weighted by Crippen LogP contribution is -2.48. The molecule has 0 radical (unpaired) electrons. The Bertz CT molecular complexity index is 453. The fourth-order valence-corrected chi connectivity index (χ4v) is 2.51. The Kier molecular flexibility index (Phi) is 6.58. The van der Waals surface area contributed by atoms with Crippen LogP contribution in [0, 0.1) is 0 Å². The highest BCUT2D eigenvalue weighted by Gasteiger charge is 2.29. The largest absolute Gasteiger partial charge is 0.491 e. The number of benzene rings is 1. The molecule has 0 amide bonds. The molecule has 2 N–H and O–H groups in total. The monoisotopic (exact) mass is 333 g/mol. The van der Waals surface area contributed by atoms with Crippen LogP contribution in [0.1, 0.15) is 19.8 Å². The zero-order valence-electron chi connectivity index (χ0n) is 12.0. The second-order valence-corrected chi connectivity index (χ2v) is 6.01. The number of halogens is 2. The first kappa shape index (κ1) is 16.8. The van der Waals surface area contributed by atoms with Gasteiger partial charge in [0.2, 0.25) is 0 Å². The molecule has 4 nitrogen and oxygen atoms in total. The van der Waals surface area contributed by atoms with Gasteiger partial charge in [0, 0.05) is 25.3 Å². The van der Waals surface area contributed by atoms with Crippen LogP contribution >= 0.6 is 23.2 Å². The summed E-state index contributed by atoms with van der Waals surface area (Å²) in [7, 11) is 0. The molecule has 1 aliphatic rings. The van der Waals surface area contributed by atoms with Gasteiger partial charge in [0.25, 0.3) is 0 Å². The van der Waals surface area contributed by atoms with Crippen molar-refractivity contribution in [3.8, 4) is 5.75 Å². The van der Waals surface area contributed by atoms with E-state index in [0.29, 0.717) is 34.5 Å². The van der Waals surface area contributed by atoms with E-state index in [2.05, 4.69) is 5.32 Å². The molecular formula is C15H21Cl2NO3. The molecule has 0 heterocycles. The van der Waals surface area contributed by atoms with Gasteiger partial charge in [0.15, 0.2) is 0 Å². The molecule has 1 aromatic rings. The maximum absolute atomic E-state index is 9.89. The Morgan fingerprint density at radius 1 is 1.33 bits per heavy atom. The third-order valence-corrected chi connectivity index (χ3v) is 4.21. The van der Waals surface area contributed by atoms with E-state index < -0.39 is 6.10 Å². The molecule has 0 bridgehead atoms. The maximum atomic E-state index is 9.89. The van der Waals surface area contributed by atoms with Crippen molar-refractivity contribution in [1.82, 2.24) is 5.32 Å². The number of aliphatic hydroxyl groups excluding tert-OH is 1. The van der Waals surface area contributed by atoms with Crippen molar-refractivity contribution in [2.45, 2.75) is 38.0 Å². The molecular weight excluding hydrogens is 313 g/mol. The van der Waals surface area contributed by atoms with Crippen LogP contribution in [0.5, 0.6) is 5.75 Å². The molecule has 1 aliphatic carbocycles. The molecule has 1 unspecified atom stereocenters. The SMILES string of the molecule is CCOC1CC(NCC(O)COc2ccc(Cl)c(Cl)c2)C1. The van der Waals surface area contributed by atoms with E-state index in [1.165, 1.54) is 0 Å². The lowest BCUT2D eigenvalue weighted by molar-refractivity contribution is -0.0134. The average Bonchev–Trinajstić information content (AvgIpc) is 2.42. The van der Waals surface area contributed by atoms with Crippen LogP contribution < -0.4 is 10.1 Å². The quantitative estimate of drug-likeness (QED) is 0.768. The summed E-state index contributed by atoms with van der Waals surface area (Å²) in [6.07, 6.45) is 1.82. The highest BCUT2D eigenvalue weighted by molar-refractivity contribution is 6.42. The van der Waals surface area contributed by atoms with Crippen molar-refractivity contribution >= 4 is 23.2 Å². The Labute approximate surface area is 135 Å². The summed E-state index contributed by atoms with van der Waals surface area (Å²) in [6, 6.07) is 5.48. The number of aliphatic hydroxyl groups is 1. The molecule has 0 spiro atoms. The normalized spacial score (nSPS) is 22.7. The van der Waals surface area contributed by atoms with Crippen molar-refractivity contribution in [1.29, 1.82) is 0 Å². The smallest absolute Gasteiger partial charge is 0.121 e. The van der Waals surface area contributed by atoms with E-state index in [0.717, 1.165) is 19.4 Å². The van der Waals surface area contributed by atoms with Gasteiger partial charge >= 0.3 is 0 Å². The number of rotatable bonds is 8. The molecule has 1 saturated carbocycles. The van der Waals surface area contributed by atoms with E-state index in [1.807, 2.05) is 6.92 Å². The Morgan fingerprint density at radius 2 is 2.10 bits per heavy atom. The van der Waals surface area contributed by atoms with Gasteiger partial charge in [0.05, 0.1) is 16.1 Å². The van der Waals surface area contributed by atoms with E-state index in [4.69, 9.17) is 32.7 Å². The minimum absolute atomic E-state index is 0.215. The number of ether oxygens (including phenoxy) is 2. The lowest BCUT2D eigenvalue weighted by Gasteiger charge is -2.36. The van der Waals surface area contributed by atoms with E-state index >= 15 is 0 Å². The van der Waals surface area contributed by atoms with Crippen LogP contribution in [0.4, 0.5) is 0 Å². The van der Waals surface area contributed by atoms with Crippen molar-refractivity contribution in [3.05, 3.63) is 28.2 Å². The molecule has 1 fully saturated rings. The predicted molar refractivity (Wildman–Crippen MR) is 84.4 cm³/mol. The Hall–Kier alpha value is -0.520. The minimum Gasteiger partial charge on any atom is -0.491 e. The highest BCUT2D eigenvalue weighted by atomic mass is 35.5. The second-order valence-electron chi connectivity index (χ2n) is 5.19. The van der Waals surface area contributed by atoms with Crippen LogP contribution in [0.25, 0.3) is 0 Å². The number of nitrogens with one attached hydrogen (secondary N) is 1. The van der Waals surface area contributed by atoms with E-state index in [9.17, 15) is 5.11 Å². The van der Waals surface area contributed by atoms with Crippen molar-refractivity contribution in [3.63, 3.8) is 0 Å². The van der Waals surface area contributed by atoms with Crippen molar-refractivity contribution in [2.75, 3.05) is 19.8 Å². The fourth-order valence-electron chi connectivity index (χ4n) is 2.22. The van der Waals surface area contributed by atoms with E-state index in [1.54, 1.807) is 18.2 Å². The molecule has 2 rings (SSSR count). The summed E-state index contributed by atoms with van der Waals surface area (Å²) < 4.78 is 11.0.